The van der Waals surface area contributed by atoms with Crippen LogP contribution in [0, 0.1) is 0 Å². The Morgan fingerprint density at radius 1 is 1.30 bits per heavy atom. The lowest BCUT2D eigenvalue weighted by Crippen LogP contribution is -2.48. The first kappa shape index (κ1) is 20.0. The average molecular weight is 404 g/mol. The number of hydrogen-bond donors (Lipinski definition) is 2. The Kier molecular flexibility index (Phi) is 8.30. The number of guanidine groups is 1. The maximum absolute atomic E-state index is 4.75. The number of aliphatic imine (C=N–C) groups is 1. The first-order valence-corrected chi connectivity index (χ1v) is 11.6. The standard InChI is InChI=1S/C20H29N5S2/c1-2-21-19(22-11-6-15-26-20-23-12-16-27-20)24-17-9-13-25(14-10-17)18-7-4-3-5-8-18/h3-5,7-8,12,16-17H,2,6,9-11,13-15H2,1H3,(H2,21,22,24). The quantitative estimate of drug-likeness (QED) is 0.303. The van der Waals surface area contributed by atoms with Crippen LogP contribution in [0.25, 0.3) is 0 Å². The van der Waals surface area contributed by atoms with Crippen LogP contribution in [0.4, 0.5) is 5.69 Å². The summed E-state index contributed by atoms with van der Waals surface area (Å²) in [5.41, 5.74) is 1.33. The van der Waals surface area contributed by atoms with Crippen molar-refractivity contribution in [1.29, 1.82) is 0 Å². The van der Waals surface area contributed by atoms with Gasteiger partial charge in [-0.05, 0) is 38.3 Å². The minimum Gasteiger partial charge on any atom is -0.371 e. The average Bonchev–Trinajstić information content (AvgIpc) is 3.23. The second-order valence-corrected chi connectivity index (χ2v) is 8.74. The molecule has 7 heteroatoms. The molecule has 0 radical (unpaired) electrons. The van der Waals surface area contributed by atoms with Crippen LogP contribution in [0.1, 0.15) is 26.2 Å². The van der Waals surface area contributed by atoms with Crippen molar-refractivity contribution in [2.45, 2.75) is 36.6 Å². The Morgan fingerprint density at radius 2 is 2.11 bits per heavy atom. The third kappa shape index (κ3) is 6.74. The fourth-order valence-electron chi connectivity index (χ4n) is 3.13. The number of piperidine rings is 1. The Bertz CT molecular complexity index is 667. The molecule has 5 nitrogen and oxygen atoms in total. The number of nitrogens with zero attached hydrogens (tertiary/aromatic N) is 3. The highest BCUT2D eigenvalue weighted by molar-refractivity contribution is 8.00. The number of aromatic nitrogens is 1. The van der Waals surface area contributed by atoms with Gasteiger partial charge in [0.25, 0.3) is 0 Å². The minimum atomic E-state index is 0.493. The molecule has 0 bridgehead atoms. The zero-order chi connectivity index (χ0) is 18.7. The van der Waals surface area contributed by atoms with Gasteiger partial charge >= 0.3 is 0 Å². The molecule has 2 aromatic rings. The van der Waals surface area contributed by atoms with Crippen molar-refractivity contribution in [3.8, 4) is 0 Å². The molecule has 0 saturated carbocycles. The van der Waals surface area contributed by atoms with Crippen molar-refractivity contribution in [1.82, 2.24) is 15.6 Å². The molecule has 1 fully saturated rings. The van der Waals surface area contributed by atoms with Gasteiger partial charge in [-0.2, -0.15) is 0 Å². The van der Waals surface area contributed by atoms with Gasteiger partial charge in [-0.25, -0.2) is 4.98 Å². The van der Waals surface area contributed by atoms with E-state index < -0.39 is 0 Å². The molecule has 146 valence electrons. The molecule has 1 aliphatic rings. The summed E-state index contributed by atoms with van der Waals surface area (Å²) in [4.78, 5) is 11.5. The van der Waals surface area contributed by atoms with E-state index in [0.29, 0.717) is 6.04 Å². The van der Waals surface area contributed by atoms with Gasteiger partial charge in [0.2, 0.25) is 0 Å². The van der Waals surface area contributed by atoms with E-state index in [-0.39, 0.29) is 0 Å². The summed E-state index contributed by atoms with van der Waals surface area (Å²) in [5, 5.41) is 9.04. The summed E-state index contributed by atoms with van der Waals surface area (Å²) in [6.45, 7) is 6.03. The van der Waals surface area contributed by atoms with Gasteiger partial charge in [0.1, 0.15) is 4.34 Å². The summed E-state index contributed by atoms with van der Waals surface area (Å²) < 4.78 is 1.15. The number of hydrogen-bond acceptors (Lipinski definition) is 5. The summed E-state index contributed by atoms with van der Waals surface area (Å²) in [6.07, 6.45) is 5.20. The van der Waals surface area contributed by atoms with Crippen molar-refractivity contribution in [2.24, 2.45) is 4.99 Å². The van der Waals surface area contributed by atoms with E-state index in [1.165, 1.54) is 5.69 Å². The van der Waals surface area contributed by atoms with Crippen molar-refractivity contribution >= 4 is 34.7 Å². The van der Waals surface area contributed by atoms with E-state index >= 15 is 0 Å². The number of para-hydroxylation sites is 1. The third-order valence-electron chi connectivity index (χ3n) is 4.51. The van der Waals surface area contributed by atoms with Crippen molar-refractivity contribution < 1.29 is 0 Å². The molecule has 2 heterocycles. The first-order valence-electron chi connectivity index (χ1n) is 9.72. The highest BCUT2D eigenvalue weighted by atomic mass is 32.2. The number of thiazole rings is 1. The van der Waals surface area contributed by atoms with E-state index in [4.69, 9.17) is 4.99 Å². The maximum atomic E-state index is 4.75. The van der Waals surface area contributed by atoms with E-state index in [1.54, 1.807) is 11.3 Å². The fraction of sp³-hybridized carbons (Fsp3) is 0.500. The summed E-state index contributed by atoms with van der Waals surface area (Å²) >= 11 is 3.52. The monoisotopic (exact) mass is 403 g/mol. The smallest absolute Gasteiger partial charge is 0.191 e. The van der Waals surface area contributed by atoms with Gasteiger partial charge in [-0.15, -0.1) is 11.3 Å². The Morgan fingerprint density at radius 3 is 2.81 bits per heavy atom. The topological polar surface area (TPSA) is 52.6 Å². The second kappa shape index (κ2) is 11.2. The largest absolute Gasteiger partial charge is 0.371 e. The minimum absolute atomic E-state index is 0.493. The number of nitrogens with one attached hydrogen (secondary N) is 2. The van der Waals surface area contributed by atoms with Crippen LogP contribution in [0.5, 0.6) is 0 Å². The van der Waals surface area contributed by atoms with E-state index in [2.05, 4.69) is 57.8 Å². The lowest BCUT2D eigenvalue weighted by atomic mass is 10.0. The van der Waals surface area contributed by atoms with Crippen LogP contribution >= 0.6 is 23.1 Å². The lowest BCUT2D eigenvalue weighted by molar-refractivity contribution is 0.461. The highest BCUT2D eigenvalue weighted by Gasteiger charge is 2.20. The van der Waals surface area contributed by atoms with Crippen molar-refractivity contribution in [3.05, 3.63) is 41.9 Å². The molecule has 1 aromatic carbocycles. The summed E-state index contributed by atoms with van der Waals surface area (Å²) in [6, 6.07) is 11.2. The zero-order valence-electron chi connectivity index (χ0n) is 15.9. The summed E-state index contributed by atoms with van der Waals surface area (Å²) in [5.74, 6) is 2.02. The van der Waals surface area contributed by atoms with Crippen LogP contribution in [0.15, 0.2) is 51.2 Å². The predicted molar refractivity (Wildman–Crippen MR) is 118 cm³/mol. The molecule has 0 spiro atoms. The zero-order valence-corrected chi connectivity index (χ0v) is 17.6. The Hall–Kier alpha value is -1.73. The van der Waals surface area contributed by atoms with Crippen LogP contribution in [0.2, 0.25) is 0 Å². The molecule has 3 rings (SSSR count). The van der Waals surface area contributed by atoms with Crippen LogP contribution in [-0.2, 0) is 0 Å². The number of anilines is 1. The van der Waals surface area contributed by atoms with Crippen molar-refractivity contribution in [3.63, 3.8) is 0 Å². The first-order chi connectivity index (χ1) is 13.3. The van der Waals surface area contributed by atoms with Crippen molar-refractivity contribution in [2.75, 3.05) is 36.8 Å². The molecule has 0 amide bonds. The molecule has 0 unspecified atom stereocenters. The fourth-order valence-corrected chi connectivity index (χ4v) is 4.76. The van der Waals surface area contributed by atoms with Crippen LogP contribution in [0.3, 0.4) is 0 Å². The molecule has 1 aromatic heterocycles. The number of benzene rings is 1. The SMILES string of the molecule is CCNC(=NCCCSc1nccs1)NC1CCN(c2ccccc2)CC1. The molecular formula is C20H29N5S2. The van der Waals surface area contributed by atoms with Gasteiger partial charge in [0.05, 0.1) is 0 Å². The Balaban J connectivity index is 1.39. The van der Waals surface area contributed by atoms with Gasteiger partial charge in [-0.1, -0.05) is 30.0 Å². The number of thioether (sulfide) groups is 1. The second-order valence-electron chi connectivity index (χ2n) is 6.50. The van der Waals surface area contributed by atoms with E-state index in [0.717, 1.165) is 61.5 Å². The Labute approximate surface area is 170 Å². The third-order valence-corrected chi connectivity index (χ3v) is 6.56. The molecule has 2 N–H and O–H groups in total. The van der Waals surface area contributed by atoms with Gasteiger partial charge in [-0.3, -0.25) is 4.99 Å². The normalized spacial score (nSPS) is 15.7. The molecule has 1 saturated heterocycles. The predicted octanol–water partition coefficient (Wildman–Crippen LogP) is 3.85. The van der Waals surface area contributed by atoms with E-state index in [9.17, 15) is 0 Å². The molecule has 27 heavy (non-hydrogen) atoms. The van der Waals surface area contributed by atoms with Crippen LogP contribution in [-0.4, -0.2) is 48.9 Å². The van der Waals surface area contributed by atoms with Crippen LogP contribution < -0.4 is 15.5 Å². The van der Waals surface area contributed by atoms with Gasteiger partial charge in [0.15, 0.2) is 5.96 Å². The molecule has 1 aliphatic heterocycles. The van der Waals surface area contributed by atoms with Gasteiger partial charge in [0, 0.05) is 55.2 Å². The highest BCUT2D eigenvalue weighted by Crippen LogP contribution is 2.21. The molecule has 0 aliphatic carbocycles. The molecule has 0 atom stereocenters. The molecular weight excluding hydrogens is 374 g/mol. The van der Waals surface area contributed by atoms with E-state index in [1.807, 2.05) is 23.3 Å². The maximum Gasteiger partial charge on any atom is 0.191 e. The van der Waals surface area contributed by atoms with Gasteiger partial charge < -0.3 is 15.5 Å². The number of rotatable bonds is 8. The lowest BCUT2D eigenvalue weighted by Gasteiger charge is -2.34. The summed E-state index contributed by atoms with van der Waals surface area (Å²) in [7, 11) is 0.